The second kappa shape index (κ2) is 8.67. The first-order chi connectivity index (χ1) is 15.7. The summed E-state index contributed by atoms with van der Waals surface area (Å²) in [5, 5.41) is 4.82. The topological polar surface area (TPSA) is 54.3 Å². The highest BCUT2D eigenvalue weighted by Gasteiger charge is 2.27. The molecule has 0 spiro atoms. The highest BCUT2D eigenvalue weighted by Crippen LogP contribution is 2.26. The molecule has 0 atom stereocenters. The SMILES string of the molecule is Cc1cccc(-c2nn(-c3ccccc3)cc2C(=O)N2CCN(c3ccccn3)CC2)c1. The predicted octanol–water partition coefficient (Wildman–Crippen LogP) is 4.21. The van der Waals surface area contributed by atoms with Crippen molar-refractivity contribution < 1.29 is 4.79 Å². The van der Waals surface area contributed by atoms with Crippen molar-refractivity contribution in [3.05, 3.63) is 96.3 Å². The van der Waals surface area contributed by atoms with Crippen LogP contribution in [0.4, 0.5) is 5.82 Å². The Morgan fingerprint density at radius 1 is 0.875 bits per heavy atom. The summed E-state index contributed by atoms with van der Waals surface area (Å²) in [6, 6.07) is 24.0. The minimum absolute atomic E-state index is 0.0179. The van der Waals surface area contributed by atoms with Crippen molar-refractivity contribution in [2.75, 3.05) is 31.1 Å². The van der Waals surface area contributed by atoms with Crippen molar-refractivity contribution in [1.82, 2.24) is 19.7 Å². The van der Waals surface area contributed by atoms with Crippen molar-refractivity contribution in [3.8, 4) is 16.9 Å². The van der Waals surface area contributed by atoms with Crippen LogP contribution < -0.4 is 4.90 Å². The Morgan fingerprint density at radius 2 is 1.66 bits per heavy atom. The Balaban J connectivity index is 1.44. The van der Waals surface area contributed by atoms with Gasteiger partial charge in [-0.05, 0) is 37.3 Å². The van der Waals surface area contributed by atoms with Crippen LogP contribution in [0.1, 0.15) is 15.9 Å². The zero-order valence-electron chi connectivity index (χ0n) is 18.1. The molecule has 1 aliphatic rings. The van der Waals surface area contributed by atoms with Crippen molar-refractivity contribution in [3.63, 3.8) is 0 Å². The second-order valence-corrected chi connectivity index (χ2v) is 8.01. The Bertz CT molecular complexity index is 1210. The maximum Gasteiger partial charge on any atom is 0.257 e. The number of carbonyl (C=O) groups is 1. The molecular formula is C26H25N5O. The summed E-state index contributed by atoms with van der Waals surface area (Å²) < 4.78 is 1.80. The smallest absolute Gasteiger partial charge is 0.257 e. The highest BCUT2D eigenvalue weighted by atomic mass is 16.2. The number of anilines is 1. The van der Waals surface area contributed by atoms with Crippen molar-refractivity contribution in [2.24, 2.45) is 0 Å². The lowest BCUT2D eigenvalue weighted by molar-refractivity contribution is 0.0747. The number of hydrogen-bond donors (Lipinski definition) is 0. The molecule has 1 saturated heterocycles. The van der Waals surface area contributed by atoms with Gasteiger partial charge in [0.2, 0.25) is 0 Å². The Hall–Kier alpha value is -3.93. The van der Waals surface area contributed by atoms with E-state index in [4.69, 9.17) is 5.10 Å². The van der Waals surface area contributed by atoms with Crippen LogP contribution in [0, 0.1) is 6.92 Å². The van der Waals surface area contributed by atoms with E-state index in [0.29, 0.717) is 18.7 Å². The van der Waals surface area contributed by atoms with Gasteiger partial charge in [-0.15, -0.1) is 0 Å². The monoisotopic (exact) mass is 423 g/mol. The van der Waals surface area contributed by atoms with E-state index in [0.717, 1.165) is 41.4 Å². The Morgan fingerprint density at radius 3 is 2.38 bits per heavy atom. The van der Waals surface area contributed by atoms with Crippen LogP contribution in [-0.4, -0.2) is 51.8 Å². The highest BCUT2D eigenvalue weighted by molar-refractivity contribution is 6.00. The number of rotatable bonds is 4. The molecule has 0 radical (unpaired) electrons. The third kappa shape index (κ3) is 3.99. The number of para-hydroxylation sites is 1. The van der Waals surface area contributed by atoms with Gasteiger partial charge in [-0.3, -0.25) is 4.79 Å². The lowest BCUT2D eigenvalue weighted by atomic mass is 10.0. The molecule has 1 aliphatic heterocycles. The molecule has 2 aromatic carbocycles. The normalized spacial score (nSPS) is 13.9. The van der Waals surface area contributed by atoms with Crippen LogP contribution in [0.5, 0.6) is 0 Å². The van der Waals surface area contributed by atoms with E-state index in [9.17, 15) is 4.79 Å². The zero-order chi connectivity index (χ0) is 21.9. The molecule has 0 N–H and O–H groups in total. The quantitative estimate of drug-likeness (QED) is 0.494. The number of benzene rings is 2. The van der Waals surface area contributed by atoms with Gasteiger partial charge in [-0.2, -0.15) is 5.10 Å². The van der Waals surface area contributed by atoms with Crippen LogP contribution >= 0.6 is 0 Å². The lowest BCUT2D eigenvalue weighted by Crippen LogP contribution is -2.49. The molecule has 0 aliphatic carbocycles. The largest absolute Gasteiger partial charge is 0.353 e. The van der Waals surface area contributed by atoms with E-state index < -0.39 is 0 Å². The number of carbonyl (C=O) groups excluding carboxylic acids is 1. The van der Waals surface area contributed by atoms with E-state index >= 15 is 0 Å². The molecule has 32 heavy (non-hydrogen) atoms. The van der Waals surface area contributed by atoms with E-state index in [2.05, 4.69) is 28.9 Å². The van der Waals surface area contributed by atoms with Crippen LogP contribution in [0.2, 0.25) is 0 Å². The van der Waals surface area contributed by atoms with Crippen LogP contribution in [-0.2, 0) is 0 Å². The molecule has 4 aromatic rings. The minimum Gasteiger partial charge on any atom is -0.353 e. The summed E-state index contributed by atoms with van der Waals surface area (Å²) >= 11 is 0. The second-order valence-electron chi connectivity index (χ2n) is 8.01. The molecule has 0 bridgehead atoms. The number of amides is 1. The van der Waals surface area contributed by atoms with E-state index in [-0.39, 0.29) is 5.91 Å². The van der Waals surface area contributed by atoms with Crippen molar-refractivity contribution in [2.45, 2.75) is 6.92 Å². The first-order valence-corrected chi connectivity index (χ1v) is 10.9. The van der Waals surface area contributed by atoms with Gasteiger partial charge in [0.25, 0.3) is 5.91 Å². The van der Waals surface area contributed by atoms with Gasteiger partial charge >= 0.3 is 0 Å². The van der Waals surface area contributed by atoms with Crippen molar-refractivity contribution in [1.29, 1.82) is 0 Å². The van der Waals surface area contributed by atoms with Gasteiger partial charge in [0, 0.05) is 44.1 Å². The third-order valence-electron chi connectivity index (χ3n) is 5.80. The Labute approximate surface area is 187 Å². The fourth-order valence-electron chi connectivity index (χ4n) is 4.10. The van der Waals surface area contributed by atoms with Gasteiger partial charge < -0.3 is 9.80 Å². The molecule has 5 rings (SSSR count). The molecule has 2 aromatic heterocycles. The molecule has 160 valence electrons. The van der Waals surface area contributed by atoms with Gasteiger partial charge in [0.1, 0.15) is 11.5 Å². The third-order valence-corrected chi connectivity index (χ3v) is 5.80. The van der Waals surface area contributed by atoms with Crippen LogP contribution in [0.15, 0.2) is 85.2 Å². The summed E-state index contributed by atoms with van der Waals surface area (Å²) in [4.78, 5) is 22.2. The number of hydrogen-bond acceptors (Lipinski definition) is 4. The lowest BCUT2D eigenvalue weighted by Gasteiger charge is -2.35. The average molecular weight is 424 g/mol. The maximum absolute atomic E-state index is 13.6. The molecule has 6 nitrogen and oxygen atoms in total. The van der Waals surface area contributed by atoms with Crippen LogP contribution in [0.3, 0.4) is 0 Å². The van der Waals surface area contributed by atoms with E-state index in [1.54, 1.807) is 10.9 Å². The number of aromatic nitrogens is 3. The Kier molecular flexibility index (Phi) is 5.42. The molecular weight excluding hydrogens is 398 g/mol. The predicted molar refractivity (Wildman–Crippen MR) is 126 cm³/mol. The number of nitrogens with zero attached hydrogens (tertiary/aromatic N) is 5. The maximum atomic E-state index is 13.6. The molecule has 3 heterocycles. The average Bonchev–Trinajstić information content (AvgIpc) is 3.30. The van der Waals surface area contributed by atoms with Gasteiger partial charge in [0.05, 0.1) is 11.3 Å². The number of aryl methyl sites for hydroxylation is 1. The first kappa shape index (κ1) is 20.0. The first-order valence-electron chi connectivity index (χ1n) is 10.9. The van der Waals surface area contributed by atoms with E-state index in [1.165, 1.54) is 0 Å². The standard InChI is InChI=1S/C26H25N5O/c1-20-8-7-9-21(18-20)25-23(19-31(28-25)22-10-3-2-4-11-22)26(32)30-16-14-29(15-17-30)24-12-5-6-13-27-24/h2-13,18-19H,14-17H2,1H3. The molecule has 0 unspecified atom stereocenters. The fraction of sp³-hybridized carbons (Fsp3) is 0.192. The van der Waals surface area contributed by atoms with Crippen LogP contribution in [0.25, 0.3) is 16.9 Å². The zero-order valence-corrected chi connectivity index (χ0v) is 18.1. The fourth-order valence-corrected chi connectivity index (χ4v) is 4.10. The molecule has 0 saturated carbocycles. The van der Waals surface area contributed by atoms with E-state index in [1.807, 2.05) is 71.8 Å². The summed E-state index contributed by atoms with van der Waals surface area (Å²) in [5.41, 5.74) is 4.37. The number of pyridine rings is 1. The summed E-state index contributed by atoms with van der Waals surface area (Å²) in [6.07, 6.45) is 3.67. The number of piperazine rings is 1. The van der Waals surface area contributed by atoms with Gasteiger partial charge in [-0.25, -0.2) is 9.67 Å². The van der Waals surface area contributed by atoms with Gasteiger partial charge in [-0.1, -0.05) is 48.0 Å². The summed E-state index contributed by atoms with van der Waals surface area (Å²) in [7, 11) is 0. The minimum atomic E-state index is 0.0179. The van der Waals surface area contributed by atoms with Crippen molar-refractivity contribution >= 4 is 11.7 Å². The molecule has 6 heteroatoms. The van der Waals surface area contributed by atoms with Gasteiger partial charge in [0.15, 0.2) is 0 Å². The molecule has 1 amide bonds. The molecule has 1 fully saturated rings. The summed E-state index contributed by atoms with van der Waals surface area (Å²) in [6.45, 7) is 4.87. The summed E-state index contributed by atoms with van der Waals surface area (Å²) in [5.74, 6) is 0.973.